The first-order chi connectivity index (χ1) is 29.1. The number of nitrogens with one attached hydrogen (secondary N) is 5. The molecule has 0 radical (unpaired) electrons. The van der Waals surface area contributed by atoms with Gasteiger partial charge in [0.1, 0.15) is 12.6 Å². The number of anilines is 2. The van der Waals surface area contributed by atoms with Crippen molar-refractivity contribution in [1.82, 2.24) is 35.9 Å². The second-order valence-electron chi connectivity index (χ2n) is 13.1. The van der Waals surface area contributed by atoms with E-state index in [1.807, 2.05) is 23.6 Å². The average molecular weight is 866 g/mol. The predicted molar refractivity (Wildman–Crippen MR) is 219 cm³/mol. The van der Waals surface area contributed by atoms with Crippen molar-refractivity contribution in [3.63, 3.8) is 0 Å². The number of amides is 4. The van der Waals surface area contributed by atoms with Gasteiger partial charge >= 0.3 is 18.0 Å². The number of carboxylic acids is 2. The van der Waals surface area contributed by atoms with Crippen molar-refractivity contribution in [2.45, 2.75) is 64.0 Å². The van der Waals surface area contributed by atoms with Crippen LogP contribution in [0.15, 0.2) is 35.8 Å². The van der Waals surface area contributed by atoms with Gasteiger partial charge in [0.2, 0.25) is 11.8 Å². The summed E-state index contributed by atoms with van der Waals surface area (Å²) in [5.41, 5.74) is 2.91. The number of rotatable bonds is 34. The van der Waals surface area contributed by atoms with Crippen LogP contribution in [0, 0.1) is 0 Å². The molecule has 2 aromatic heterocycles. The molecule has 1 aromatic carbocycles. The van der Waals surface area contributed by atoms with Crippen molar-refractivity contribution in [1.29, 1.82) is 0 Å². The van der Waals surface area contributed by atoms with Crippen LogP contribution >= 0.6 is 11.3 Å². The second-order valence-corrected chi connectivity index (χ2v) is 14.0. The minimum absolute atomic E-state index is 0.0298. The number of ether oxygens (including phenoxy) is 4. The van der Waals surface area contributed by atoms with Gasteiger partial charge < -0.3 is 55.7 Å². The summed E-state index contributed by atoms with van der Waals surface area (Å²) in [5.74, 6) is -2.83. The number of halogens is 1. The fourth-order valence-corrected chi connectivity index (χ4v) is 5.94. The summed E-state index contributed by atoms with van der Waals surface area (Å²) in [6.45, 7) is 3.74. The molecule has 0 aliphatic carbocycles. The van der Waals surface area contributed by atoms with Crippen molar-refractivity contribution >= 4 is 51.9 Å². The molecule has 0 saturated carbocycles. The van der Waals surface area contributed by atoms with Gasteiger partial charge in [0.25, 0.3) is 0 Å². The minimum atomic E-state index is -1.29. The van der Waals surface area contributed by atoms with Crippen LogP contribution in [0.25, 0.3) is 11.3 Å². The highest BCUT2D eigenvalue weighted by Gasteiger charge is 2.20. The Morgan fingerprint density at radius 2 is 1.53 bits per heavy atom. The lowest BCUT2D eigenvalue weighted by molar-refractivity contribution is -0.140. The minimum Gasteiger partial charge on any atom is -0.481 e. The van der Waals surface area contributed by atoms with E-state index in [1.165, 1.54) is 16.0 Å². The van der Waals surface area contributed by atoms with Gasteiger partial charge in [-0.25, -0.2) is 19.3 Å². The third-order valence-electron chi connectivity index (χ3n) is 8.23. The van der Waals surface area contributed by atoms with Gasteiger partial charge in [-0.1, -0.05) is 17.3 Å². The molecule has 60 heavy (non-hydrogen) atoms. The van der Waals surface area contributed by atoms with Gasteiger partial charge in [0.15, 0.2) is 5.13 Å². The number of hydrogen-bond donors (Lipinski definition) is 7. The lowest BCUT2D eigenvalue weighted by Crippen LogP contribution is -2.46. The lowest BCUT2D eigenvalue weighted by atomic mass is 10.1. The molecule has 0 fully saturated rings. The number of thiazole rings is 1. The van der Waals surface area contributed by atoms with Crippen LogP contribution in [0.4, 0.5) is 20.0 Å². The van der Waals surface area contributed by atoms with E-state index in [2.05, 4.69) is 41.9 Å². The summed E-state index contributed by atoms with van der Waals surface area (Å²) in [7, 11) is 0. The first-order valence-electron chi connectivity index (χ1n) is 19.7. The maximum atomic E-state index is 12.5. The van der Waals surface area contributed by atoms with Crippen LogP contribution in [0.5, 0.6) is 0 Å². The zero-order chi connectivity index (χ0) is 43.2. The smallest absolute Gasteiger partial charge is 0.326 e. The molecule has 0 unspecified atom stereocenters. The monoisotopic (exact) mass is 865 g/mol. The molecule has 3 aromatic rings. The Hall–Kier alpha value is -5.29. The highest BCUT2D eigenvalue weighted by Crippen LogP contribution is 2.27. The number of benzene rings is 1. The first-order valence-corrected chi connectivity index (χ1v) is 20.6. The number of carbonyl (C=O) groups excluding carboxylic acids is 3. The van der Waals surface area contributed by atoms with Crippen LogP contribution in [-0.2, 0) is 51.1 Å². The third-order valence-corrected chi connectivity index (χ3v) is 9.03. The molecule has 3 rings (SSSR count). The quantitative estimate of drug-likeness (QED) is 0.0426. The maximum absolute atomic E-state index is 12.5. The first kappa shape index (κ1) is 49.1. The number of alkyl halides is 1. The molecule has 0 bridgehead atoms. The Labute approximate surface area is 351 Å². The number of carboxylic acid groups (broad SMARTS) is 2. The van der Waals surface area contributed by atoms with E-state index < -0.39 is 30.7 Å². The summed E-state index contributed by atoms with van der Waals surface area (Å²) in [4.78, 5) is 63.0. The SMILES string of the molecule is O=C(O)CC[C@H](NC(=O)NCCCCCNc1nc(-c2cccc(NC(=O)CCOCCOCCOCCOCCNC(=O)Cn3cc(CCCF)nn3)c2)cs1)C(=O)O. The summed E-state index contributed by atoms with van der Waals surface area (Å²) in [6, 6.07) is 5.49. The number of aromatic nitrogens is 4. The number of nitrogens with zero attached hydrogens (tertiary/aromatic N) is 4. The van der Waals surface area contributed by atoms with Crippen molar-refractivity contribution in [2.24, 2.45) is 0 Å². The normalized spacial score (nSPS) is 11.5. The van der Waals surface area contributed by atoms with Gasteiger partial charge in [0.05, 0.1) is 77.3 Å². The Morgan fingerprint density at radius 3 is 2.25 bits per heavy atom. The van der Waals surface area contributed by atoms with Gasteiger partial charge in [-0.2, -0.15) is 0 Å². The molecular formula is C38H56FN9O11S. The van der Waals surface area contributed by atoms with E-state index in [-0.39, 0.29) is 44.2 Å². The van der Waals surface area contributed by atoms with Crippen molar-refractivity contribution in [3.8, 4) is 11.3 Å². The standard InChI is InChI=1S/C38H56FN9O11S/c39-12-5-8-30-25-48(47-46-30)26-34(50)40-15-17-57-19-21-59-23-22-58-20-18-56-16-11-33(49)43-29-7-4-6-28(24-29)32-27-60-38(45-32)42-14-3-1-2-13-41-37(55)44-31(36(53)54)9-10-35(51)52/h4,6-7,24-25,27,31H,1-3,5,8-23,26H2,(H,40,50)(H,42,45)(H,43,49)(H,51,52)(H,53,54)(H2,41,44,55)/t31-/m0/s1. The molecule has 0 spiro atoms. The van der Waals surface area contributed by atoms with E-state index in [1.54, 1.807) is 12.3 Å². The largest absolute Gasteiger partial charge is 0.481 e. The summed E-state index contributed by atoms with van der Waals surface area (Å²) >= 11 is 1.46. The molecule has 0 saturated heterocycles. The third kappa shape index (κ3) is 22.2. The Morgan fingerprint density at radius 1 is 0.817 bits per heavy atom. The van der Waals surface area contributed by atoms with Crippen molar-refractivity contribution in [3.05, 3.63) is 41.5 Å². The van der Waals surface area contributed by atoms with E-state index >= 15 is 0 Å². The van der Waals surface area contributed by atoms with Gasteiger partial charge in [-0.05, 0) is 50.7 Å². The molecule has 2 heterocycles. The highest BCUT2D eigenvalue weighted by atomic mass is 32.1. The Bertz CT molecular complexity index is 1730. The summed E-state index contributed by atoms with van der Waals surface area (Å²) < 4.78 is 35.6. The topological polar surface area (TPSA) is 266 Å². The van der Waals surface area contributed by atoms with Crippen LogP contribution in [0.2, 0.25) is 0 Å². The number of hydrogen-bond acceptors (Lipinski definition) is 14. The fraction of sp³-hybridized carbons (Fsp3) is 0.579. The van der Waals surface area contributed by atoms with Crippen LogP contribution in [-0.4, -0.2) is 145 Å². The molecule has 20 nitrogen and oxygen atoms in total. The molecule has 7 N–H and O–H groups in total. The van der Waals surface area contributed by atoms with Gasteiger partial charge in [-0.3, -0.25) is 18.8 Å². The summed E-state index contributed by atoms with van der Waals surface area (Å²) in [6.07, 6.45) is 4.40. The average Bonchev–Trinajstić information content (AvgIpc) is 3.89. The van der Waals surface area contributed by atoms with E-state index in [0.717, 1.165) is 29.2 Å². The molecule has 1 atom stereocenters. The van der Waals surface area contributed by atoms with E-state index in [9.17, 15) is 28.4 Å². The van der Waals surface area contributed by atoms with Crippen molar-refractivity contribution in [2.75, 3.05) is 89.8 Å². The van der Waals surface area contributed by atoms with Gasteiger partial charge in [0, 0.05) is 48.9 Å². The maximum Gasteiger partial charge on any atom is 0.326 e. The predicted octanol–water partition coefficient (Wildman–Crippen LogP) is 2.71. The van der Waals surface area contributed by atoms with Crippen LogP contribution in [0.1, 0.15) is 50.6 Å². The van der Waals surface area contributed by atoms with Crippen LogP contribution in [0.3, 0.4) is 0 Å². The number of aryl methyl sites for hydroxylation is 1. The number of unbranched alkanes of at least 4 members (excludes halogenated alkanes) is 2. The number of urea groups is 1. The fourth-order valence-electron chi connectivity index (χ4n) is 5.20. The molecule has 22 heteroatoms. The Kier molecular flexibility index (Phi) is 24.4. The molecule has 0 aliphatic heterocycles. The van der Waals surface area contributed by atoms with E-state index in [0.29, 0.717) is 96.5 Å². The zero-order valence-corrected chi connectivity index (χ0v) is 34.4. The van der Waals surface area contributed by atoms with E-state index in [4.69, 9.17) is 29.2 Å². The highest BCUT2D eigenvalue weighted by molar-refractivity contribution is 7.14. The lowest BCUT2D eigenvalue weighted by Gasteiger charge is -2.14. The van der Waals surface area contributed by atoms with Crippen LogP contribution < -0.4 is 26.6 Å². The van der Waals surface area contributed by atoms with Crippen molar-refractivity contribution < 1.29 is 57.5 Å². The molecule has 4 amide bonds. The molecule has 332 valence electrons. The zero-order valence-electron chi connectivity index (χ0n) is 33.5. The second kappa shape index (κ2) is 29.8. The Balaban J connectivity index is 1.13. The number of aliphatic carboxylic acids is 2. The molecule has 0 aliphatic rings. The van der Waals surface area contributed by atoms with Gasteiger partial charge in [-0.15, -0.1) is 16.4 Å². The molecular weight excluding hydrogens is 810 g/mol. The number of carbonyl (C=O) groups is 5. The summed E-state index contributed by atoms with van der Waals surface area (Å²) in [5, 5.41) is 42.1.